The molecule has 0 aliphatic heterocycles. The standard InChI is InChI=1S/C18H23N5O2S/c1-12(17(25)20-11-13-5-3-2-4-6-13)26-18-22-21-16(10-9-15(19)24)23(18)14-7-8-14/h2-6,12,14H,7-11H2,1H3,(H2,19,24)(H,20,25). The van der Waals surface area contributed by atoms with Crippen molar-refractivity contribution in [1.29, 1.82) is 0 Å². The molecule has 1 saturated carbocycles. The van der Waals surface area contributed by atoms with Crippen molar-refractivity contribution in [1.82, 2.24) is 20.1 Å². The molecule has 1 aliphatic rings. The molecule has 1 atom stereocenters. The zero-order valence-corrected chi connectivity index (χ0v) is 15.5. The number of hydrogen-bond acceptors (Lipinski definition) is 5. The third-order valence-electron chi connectivity index (χ3n) is 4.20. The molecule has 26 heavy (non-hydrogen) atoms. The zero-order valence-electron chi connectivity index (χ0n) is 14.7. The van der Waals surface area contributed by atoms with E-state index in [2.05, 4.69) is 20.1 Å². The average molecular weight is 373 g/mol. The van der Waals surface area contributed by atoms with E-state index in [4.69, 9.17) is 5.73 Å². The quantitative estimate of drug-likeness (QED) is 0.653. The lowest BCUT2D eigenvalue weighted by Crippen LogP contribution is -2.30. The van der Waals surface area contributed by atoms with Gasteiger partial charge >= 0.3 is 0 Å². The van der Waals surface area contributed by atoms with E-state index < -0.39 is 0 Å². The number of amides is 2. The van der Waals surface area contributed by atoms with Crippen LogP contribution >= 0.6 is 11.8 Å². The van der Waals surface area contributed by atoms with E-state index in [0.717, 1.165) is 29.4 Å². The molecule has 1 heterocycles. The molecule has 0 radical (unpaired) electrons. The Hall–Kier alpha value is -2.35. The number of benzene rings is 1. The molecule has 3 N–H and O–H groups in total. The van der Waals surface area contributed by atoms with Gasteiger partial charge in [-0.2, -0.15) is 0 Å². The third kappa shape index (κ3) is 4.85. The molecule has 138 valence electrons. The van der Waals surface area contributed by atoms with E-state index in [9.17, 15) is 9.59 Å². The summed E-state index contributed by atoms with van der Waals surface area (Å²) < 4.78 is 2.06. The first-order valence-corrected chi connectivity index (χ1v) is 9.63. The summed E-state index contributed by atoms with van der Waals surface area (Å²) in [5, 5.41) is 11.8. The van der Waals surface area contributed by atoms with Crippen molar-refractivity contribution in [3.63, 3.8) is 0 Å². The number of rotatable bonds is 9. The van der Waals surface area contributed by atoms with E-state index >= 15 is 0 Å². The smallest absolute Gasteiger partial charge is 0.233 e. The van der Waals surface area contributed by atoms with Gasteiger partial charge in [0, 0.05) is 25.4 Å². The van der Waals surface area contributed by atoms with Crippen LogP contribution in [0, 0.1) is 0 Å². The summed E-state index contributed by atoms with van der Waals surface area (Å²) in [4.78, 5) is 23.4. The molecule has 3 rings (SSSR count). The minimum atomic E-state index is -0.349. The van der Waals surface area contributed by atoms with Crippen LogP contribution in [-0.2, 0) is 22.6 Å². The van der Waals surface area contributed by atoms with Gasteiger partial charge in [0.2, 0.25) is 11.8 Å². The van der Waals surface area contributed by atoms with Crippen LogP contribution in [0.15, 0.2) is 35.5 Å². The lowest BCUT2D eigenvalue weighted by Gasteiger charge is -2.13. The van der Waals surface area contributed by atoms with Crippen LogP contribution in [0.5, 0.6) is 0 Å². The van der Waals surface area contributed by atoms with Gasteiger partial charge in [-0.1, -0.05) is 42.1 Å². The summed E-state index contributed by atoms with van der Waals surface area (Å²) in [6.45, 7) is 2.36. The third-order valence-corrected chi connectivity index (χ3v) is 5.26. The first-order chi connectivity index (χ1) is 12.5. The first kappa shape index (κ1) is 18.4. The second-order valence-electron chi connectivity index (χ2n) is 6.43. The number of primary amides is 1. The predicted molar refractivity (Wildman–Crippen MR) is 99.4 cm³/mol. The highest BCUT2D eigenvalue weighted by Crippen LogP contribution is 2.39. The molecule has 1 aromatic carbocycles. The average Bonchev–Trinajstić information content (AvgIpc) is 3.40. The fourth-order valence-electron chi connectivity index (χ4n) is 2.63. The van der Waals surface area contributed by atoms with Gasteiger partial charge in [-0.25, -0.2) is 0 Å². The highest BCUT2D eigenvalue weighted by molar-refractivity contribution is 8.00. The van der Waals surface area contributed by atoms with Crippen molar-refractivity contribution in [2.75, 3.05) is 0 Å². The molecule has 0 bridgehead atoms. The Morgan fingerprint density at radius 1 is 1.31 bits per heavy atom. The van der Waals surface area contributed by atoms with E-state index in [-0.39, 0.29) is 23.5 Å². The van der Waals surface area contributed by atoms with Crippen molar-refractivity contribution in [2.45, 2.75) is 55.6 Å². The topological polar surface area (TPSA) is 103 Å². The van der Waals surface area contributed by atoms with Crippen LogP contribution in [0.4, 0.5) is 0 Å². The van der Waals surface area contributed by atoms with Crippen molar-refractivity contribution in [2.24, 2.45) is 5.73 Å². The number of carbonyl (C=O) groups excluding carboxylic acids is 2. The fourth-order valence-corrected chi connectivity index (χ4v) is 3.60. The Balaban J connectivity index is 1.60. The van der Waals surface area contributed by atoms with E-state index in [1.165, 1.54) is 11.8 Å². The van der Waals surface area contributed by atoms with Crippen LogP contribution in [-0.4, -0.2) is 31.8 Å². The maximum atomic E-state index is 12.4. The molecule has 2 aromatic rings. The van der Waals surface area contributed by atoms with Gasteiger partial charge in [0.1, 0.15) is 5.82 Å². The van der Waals surface area contributed by atoms with Crippen LogP contribution in [0.3, 0.4) is 0 Å². The Morgan fingerprint density at radius 3 is 2.69 bits per heavy atom. The van der Waals surface area contributed by atoms with Gasteiger partial charge in [0.25, 0.3) is 0 Å². The molecule has 1 fully saturated rings. The lowest BCUT2D eigenvalue weighted by atomic mass is 10.2. The largest absolute Gasteiger partial charge is 0.370 e. The van der Waals surface area contributed by atoms with Crippen molar-refractivity contribution >= 4 is 23.6 Å². The predicted octanol–water partition coefficient (Wildman–Crippen LogP) is 1.83. The van der Waals surface area contributed by atoms with Gasteiger partial charge in [-0.3, -0.25) is 9.59 Å². The molecule has 0 saturated heterocycles. The van der Waals surface area contributed by atoms with Crippen LogP contribution < -0.4 is 11.1 Å². The summed E-state index contributed by atoms with van der Waals surface area (Å²) in [6, 6.07) is 10.2. The summed E-state index contributed by atoms with van der Waals surface area (Å²) in [7, 11) is 0. The van der Waals surface area contributed by atoms with Crippen molar-refractivity contribution in [3.8, 4) is 0 Å². The van der Waals surface area contributed by atoms with Gasteiger partial charge < -0.3 is 15.6 Å². The minimum absolute atomic E-state index is 0.0390. The molecular weight excluding hydrogens is 350 g/mol. The number of nitrogens with two attached hydrogens (primary N) is 1. The van der Waals surface area contributed by atoms with E-state index in [0.29, 0.717) is 19.0 Å². The van der Waals surface area contributed by atoms with Crippen LogP contribution in [0.25, 0.3) is 0 Å². The number of aryl methyl sites for hydroxylation is 1. The molecule has 1 unspecified atom stereocenters. The number of aromatic nitrogens is 3. The molecule has 1 aliphatic carbocycles. The number of nitrogens with zero attached hydrogens (tertiary/aromatic N) is 3. The number of nitrogens with one attached hydrogen (secondary N) is 1. The highest BCUT2D eigenvalue weighted by atomic mass is 32.2. The van der Waals surface area contributed by atoms with Crippen molar-refractivity contribution < 1.29 is 9.59 Å². The molecule has 2 amide bonds. The van der Waals surface area contributed by atoms with Crippen LogP contribution in [0.1, 0.15) is 43.6 Å². The summed E-state index contributed by atoms with van der Waals surface area (Å²) in [5.41, 5.74) is 6.30. The Labute approximate surface area is 156 Å². The summed E-state index contributed by atoms with van der Waals surface area (Å²) in [6.07, 6.45) is 2.88. The molecule has 1 aromatic heterocycles. The SMILES string of the molecule is CC(Sc1nnc(CCC(N)=O)n1C1CC1)C(=O)NCc1ccccc1. The Kier molecular flexibility index (Phi) is 5.92. The Bertz CT molecular complexity index is 773. The summed E-state index contributed by atoms with van der Waals surface area (Å²) >= 11 is 1.40. The molecule has 0 spiro atoms. The molecule has 8 heteroatoms. The zero-order chi connectivity index (χ0) is 18.5. The minimum Gasteiger partial charge on any atom is -0.370 e. The normalized spacial score (nSPS) is 14.8. The van der Waals surface area contributed by atoms with E-state index in [1.54, 1.807) is 0 Å². The van der Waals surface area contributed by atoms with Gasteiger partial charge in [-0.05, 0) is 25.3 Å². The van der Waals surface area contributed by atoms with Crippen molar-refractivity contribution in [3.05, 3.63) is 41.7 Å². The monoisotopic (exact) mass is 373 g/mol. The first-order valence-electron chi connectivity index (χ1n) is 8.75. The lowest BCUT2D eigenvalue weighted by molar-refractivity contribution is -0.120. The Morgan fingerprint density at radius 2 is 2.04 bits per heavy atom. The maximum Gasteiger partial charge on any atom is 0.233 e. The summed E-state index contributed by atoms with van der Waals surface area (Å²) in [5.74, 6) is 0.381. The number of carbonyl (C=O) groups is 2. The second-order valence-corrected chi connectivity index (χ2v) is 7.74. The number of hydrogen-bond donors (Lipinski definition) is 2. The van der Waals surface area contributed by atoms with Gasteiger partial charge in [0.15, 0.2) is 5.16 Å². The fraction of sp³-hybridized carbons (Fsp3) is 0.444. The highest BCUT2D eigenvalue weighted by Gasteiger charge is 2.31. The maximum absolute atomic E-state index is 12.4. The van der Waals surface area contributed by atoms with E-state index in [1.807, 2.05) is 37.3 Å². The molecule has 7 nitrogen and oxygen atoms in total. The second kappa shape index (κ2) is 8.35. The number of thioether (sulfide) groups is 1. The van der Waals surface area contributed by atoms with Gasteiger partial charge in [0.05, 0.1) is 5.25 Å². The van der Waals surface area contributed by atoms with Crippen LogP contribution in [0.2, 0.25) is 0 Å². The van der Waals surface area contributed by atoms with Gasteiger partial charge in [-0.15, -0.1) is 10.2 Å². The molecular formula is C18H23N5O2S.